The molecule has 6 heteroatoms. The third-order valence-electron chi connectivity index (χ3n) is 4.48. The lowest BCUT2D eigenvalue weighted by Crippen LogP contribution is -2.32. The fourth-order valence-corrected chi connectivity index (χ4v) is 3.17. The molecule has 0 saturated carbocycles. The van der Waals surface area contributed by atoms with Crippen molar-refractivity contribution in [2.45, 2.75) is 52.1 Å². The van der Waals surface area contributed by atoms with Gasteiger partial charge in [-0.1, -0.05) is 48.5 Å². The van der Waals surface area contributed by atoms with Gasteiger partial charge >= 0.3 is 12.1 Å². The monoisotopic (exact) mass is 382 g/mol. The first-order valence-corrected chi connectivity index (χ1v) is 9.29. The maximum atomic E-state index is 12.5. The Bertz CT molecular complexity index is 859. The minimum atomic E-state index is -0.894. The van der Waals surface area contributed by atoms with E-state index in [4.69, 9.17) is 15.2 Å². The zero-order valence-corrected chi connectivity index (χ0v) is 16.5. The summed E-state index contributed by atoms with van der Waals surface area (Å²) in [7, 11) is 0. The zero-order valence-electron chi connectivity index (χ0n) is 16.5. The number of hydrogen-bond donors (Lipinski definition) is 1. The minimum absolute atomic E-state index is 0.219. The van der Waals surface area contributed by atoms with Crippen molar-refractivity contribution in [3.05, 3.63) is 70.8 Å². The fourth-order valence-electron chi connectivity index (χ4n) is 3.17. The Hall–Kier alpha value is -2.86. The molecule has 2 aromatic rings. The summed E-state index contributed by atoms with van der Waals surface area (Å²) in [6.45, 7) is 6.41. The summed E-state index contributed by atoms with van der Waals surface area (Å²) in [6.07, 6.45) is -0.392. The molecule has 0 aromatic heterocycles. The molecular formula is C22H26N2O4. The summed E-state index contributed by atoms with van der Waals surface area (Å²) in [5, 5.41) is 0. The standard InChI is InChI=1S/C22H26N2O4/c1-22(2,3)28-20(25)19(23)17-11-7-10-16-12-24(13-18(16)17)21(26)27-14-15-8-5-4-6-9-15/h4-11,19H,12-14,23H2,1-3H3. The first kappa shape index (κ1) is 19.9. The second-order valence-corrected chi connectivity index (χ2v) is 7.89. The molecule has 3 rings (SSSR count). The molecular weight excluding hydrogens is 356 g/mol. The van der Waals surface area contributed by atoms with Crippen LogP contribution >= 0.6 is 0 Å². The molecule has 1 aliphatic rings. The van der Waals surface area contributed by atoms with Gasteiger partial charge in [-0.05, 0) is 43.0 Å². The first-order chi connectivity index (χ1) is 13.2. The number of benzene rings is 2. The maximum absolute atomic E-state index is 12.5. The molecule has 28 heavy (non-hydrogen) atoms. The Morgan fingerprint density at radius 2 is 1.79 bits per heavy atom. The number of carbonyl (C=O) groups is 2. The molecule has 0 radical (unpaired) electrons. The van der Waals surface area contributed by atoms with E-state index < -0.39 is 23.7 Å². The Kier molecular flexibility index (Phi) is 5.70. The average Bonchev–Trinajstić information content (AvgIpc) is 3.09. The van der Waals surface area contributed by atoms with Gasteiger partial charge < -0.3 is 15.2 Å². The highest BCUT2D eigenvalue weighted by atomic mass is 16.6. The van der Waals surface area contributed by atoms with Gasteiger partial charge in [0.15, 0.2) is 0 Å². The Labute approximate surface area is 165 Å². The van der Waals surface area contributed by atoms with Crippen LogP contribution in [0.2, 0.25) is 0 Å². The number of amides is 1. The van der Waals surface area contributed by atoms with Gasteiger partial charge in [0.25, 0.3) is 0 Å². The van der Waals surface area contributed by atoms with Crippen LogP contribution < -0.4 is 5.73 Å². The summed E-state index contributed by atoms with van der Waals surface area (Å²) in [4.78, 5) is 26.5. The van der Waals surface area contributed by atoms with Crippen LogP contribution in [0.3, 0.4) is 0 Å². The van der Waals surface area contributed by atoms with E-state index in [1.165, 1.54) is 0 Å². The molecule has 1 unspecified atom stereocenters. The van der Waals surface area contributed by atoms with Crippen LogP contribution in [0.25, 0.3) is 0 Å². The van der Waals surface area contributed by atoms with Crippen molar-refractivity contribution < 1.29 is 19.1 Å². The number of hydrogen-bond acceptors (Lipinski definition) is 5. The van der Waals surface area contributed by atoms with Crippen LogP contribution in [0.1, 0.15) is 49.1 Å². The smallest absolute Gasteiger partial charge is 0.410 e. The lowest BCUT2D eigenvalue weighted by molar-refractivity contribution is -0.156. The summed E-state index contributed by atoms with van der Waals surface area (Å²) in [5.74, 6) is -0.481. The molecule has 0 spiro atoms. The van der Waals surface area contributed by atoms with E-state index in [1.54, 1.807) is 25.7 Å². The van der Waals surface area contributed by atoms with Gasteiger partial charge in [0.1, 0.15) is 18.2 Å². The van der Waals surface area contributed by atoms with Gasteiger partial charge in [-0.3, -0.25) is 4.90 Å². The second kappa shape index (κ2) is 8.02. The van der Waals surface area contributed by atoms with E-state index in [1.807, 2.05) is 48.5 Å². The minimum Gasteiger partial charge on any atom is -0.459 e. The normalized spacial score (nSPS) is 14.4. The van der Waals surface area contributed by atoms with Gasteiger partial charge in [0, 0.05) is 6.54 Å². The van der Waals surface area contributed by atoms with E-state index in [2.05, 4.69) is 0 Å². The van der Waals surface area contributed by atoms with Gasteiger partial charge in [-0.15, -0.1) is 0 Å². The Morgan fingerprint density at radius 1 is 1.07 bits per heavy atom. The lowest BCUT2D eigenvalue weighted by atomic mass is 9.98. The average molecular weight is 382 g/mol. The summed E-state index contributed by atoms with van der Waals surface area (Å²) >= 11 is 0. The highest BCUT2D eigenvalue weighted by Gasteiger charge is 2.31. The largest absolute Gasteiger partial charge is 0.459 e. The molecule has 6 nitrogen and oxygen atoms in total. The van der Waals surface area contributed by atoms with Crippen LogP contribution in [-0.2, 0) is 34.0 Å². The fraction of sp³-hybridized carbons (Fsp3) is 0.364. The van der Waals surface area contributed by atoms with Crippen molar-refractivity contribution in [2.75, 3.05) is 0 Å². The number of nitrogens with two attached hydrogens (primary N) is 1. The zero-order chi connectivity index (χ0) is 20.3. The third kappa shape index (κ3) is 4.70. The number of nitrogens with zero attached hydrogens (tertiary/aromatic N) is 1. The molecule has 1 aliphatic heterocycles. The highest BCUT2D eigenvalue weighted by Crippen LogP contribution is 2.30. The second-order valence-electron chi connectivity index (χ2n) is 7.89. The first-order valence-electron chi connectivity index (χ1n) is 9.29. The van der Waals surface area contributed by atoms with Gasteiger partial charge in [-0.25, -0.2) is 9.59 Å². The SMILES string of the molecule is CC(C)(C)OC(=O)C(N)c1cccc2c1CN(C(=O)OCc1ccccc1)C2. The molecule has 2 N–H and O–H groups in total. The van der Waals surface area contributed by atoms with E-state index in [-0.39, 0.29) is 6.61 Å². The molecule has 1 atom stereocenters. The van der Waals surface area contributed by atoms with E-state index in [9.17, 15) is 9.59 Å². The molecule has 1 heterocycles. The third-order valence-corrected chi connectivity index (χ3v) is 4.48. The van der Waals surface area contributed by atoms with Crippen molar-refractivity contribution in [2.24, 2.45) is 5.73 Å². The summed E-state index contributed by atoms with van der Waals surface area (Å²) in [6, 6.07) is 14.2. The molecule has 148 valence electrons. The van der Waals surface area contributed by atoms with Crippen LogP contribution in [0.4, 0.5) is 4.79 Å². The highest BCUT2D eigenvalue weighted by molar-refractivity contribution is 5.79. The van der Waals surface area contributed by atoms with Gasteiger partial charge in [0.2, 0.25) is 0 Å². The number of ether oxygens (including phenoxy) is 2. The van der Waals surface area contributed by atoms with Gasteiger partial charge in [-0.2, -0.15) is 0 Å². The van der Waals surface area contributed by atoms with Crippen molar-refractivity contribution in [3.63, 3.8) is 0 Å². The number of fused-ring (bicyclic) bond motifs is 1. The van der Waals surface area contributed by atoms with Crippen LogP contribution in [-0.4, -0.2) is 22.6 Å². The molecule has 0 bridgehead atoms. The lowest BCUT2D eigenvalue weighted by Gasteiger charge is -2.23. The maximum Gasteiger partial charge on any atom is 0.410 e. The summed E-state index contributed by atoms with van der Waals surface area (Å²) in [5.41, 5.74) is 9.02. The van der Waals surface area contributed by atoms with Crippen LogP contribution in [0.15, 0.2) is 48.5 Å². The predicted octanol–water partition coefficient (Wildman–Crippen LogP) is 3.68. The van der Waals surface area contributed by atoms with E-state index in [0.29, 0.717) is 18.7 Å². The number of esters is 1. The van der Waals surface area contributed by atoms with Crippen LogP contribution in [0.5, 0.6) is 0 Å². The Morgan fingerprint density at radius 3 is 2.46 bits per heavy atom. The van der Waals surface area contributed by atoms with Crippen molar-refractivity contribution in [1.82, 2.24) is 4.90 Å². The number of carbonyl (C=O) groups excluding carboxylic acids is 2. The summed E-state index contributed by atoms with van der Waals surface area (Å²) < 4.78 is 10.8. The molecule has 0 saturated heterocycles. The van der Waals surface area contributed by atoms with Crippen LogP contribution in [0, 0.1) is 0 Å². The van der Waals surface area contributed by atoms with Gasteiger partial charge in [0.05, 0.1) is 6.54 Å². The molecule has 2 aromatic carbocycles. The van der Waals surface area contributed by atoms with Crippen molar-refractivity contribution in [1.29, 1.82) is 0 Å². The number of rotatable bonds is 4. The Balaban J connectivity index is 1.68. The van der Waals surface area contributed by atoms with Crippen molar-refractivity contribution in [3.8, 4) is 0 Å². The van der Waals surface area contributed by atoms with E-state index in [0.717, 1.165) is 16.7 Å². The topological polar surface area (TPSA) is 81.9 Å². The molecule has 1 amide bonds. The van der Waals surface area contributed by atoms with Crippen molar-refractivity contribution >= 4 is 12.1 Å². The molecule has 0 aliphatic carbocycles. The quantitative estimate of drug-likeness (QED) is 0.816. The van der Waals surface area contributed by atoms with E-state index >= 15 is 0 Å². The predicted molar refractivity (Wildman–Crippen MR) is 105 cm³/mol. The molecule has 0 fully saturated rings.